The Kier molecular flexibility index (Phi) is 8.28. The highest BCUT2D eigenvalue weighted by atomic mass is 32.2. The van der Waals surface area contributed by atoms with Gasteiger partial charge in [-0.25, -0.2) is 12.8 Å². The highest BCUT2D eigenvalue weighted by Crippen LogP contribution is 2.34. The summed E-state index contributed by atoms with van der Waals surface area (Å²) in [4.78, 5) is 2.06. The van der Waals surface area contributed by atoms with Crippen molar-refractivity contribution < 1.29 is 22.7 Å². The van der Waals surface area contributed by atoms with Crippen LogP contribution in [0.2, 0.25) is 0 Å². The molecule has 1 aliphatic heterocycles. The number of rotatable bonds is 7. The van der Waals surface area contributed by atoms with Crippen LogP contribution in [0.15, 0.2) is 53.4 Å². The summed E-state index contributed by atoms with van der Waals surface area (Å²) >= 11 is 0. The molecule has 1 N–H and O–H groups in total. The van der Waals surface area contributed by atoms with E-state index in [0.717, 1.165) is 5.56 Å². The van der Waals surface area contributed by atoms with Gasteiger partial charge in [0.15, 0.2) is 0 Å². The van der Waals surface area contributed by atoms with E-state index >= 15 is 0 Å². The van der Waals surface area contributed by atoms with Gasteiger partial charge in [-0.3, -0.25) is 4.90 Å². The van der Waals surface area contributed by atoms with Crippen LogP contribution in [0.5, 0.6) is 5.75 Å². The first-order valence-electron chi connectivity index (χ1n) is 11.2. The first-order valence-corrected chi connectivity index (χ1v) is 12.6. The molecule has 0 saturated heterocycles. The van der Waals surface area contributed by atoms with Gasteiger partial charge in [0.1, 0.15) is 22.6 Å². The van der Waals surface area contributed by atoms with E-state index in [1.54, 1.807) is 43.3 Å². The summed E-state index contributed by atoms with van der Waals surface area (Å²) in [5.41, 5.74) is 1.42. The first kappa shape index (κ1) is 25.4. The zero-order chi connectivity index (χ0) is 24.2. The molecule has 0 radical (unpaired) electrons. The van der Waals surface area contributed by atoms with Gasteiger partial charge in [0.25, 0.3) is 0 Å². The van der Waals surface area contributed by atoms with Crippen molar-refractivity contribution in [1.29, 1.82) is 0 Å². The number of nitrogens with zero attached hydrogens (tertiary/aromatic N) is 2. The Morgan fingerprint density at radius 2 is 2.03 bits per heavy atom. The lowest BCUT2D eigenvalue weighted by molar-refractivity contribution is 0.0731. The molecular weight excluding hydrogens is 443 g/mol. The predicted molar refractivity (Wildman–Crippen MR) is 128 cm³/mol. The Hall–Kier alpha value is -2.26. The van der Waals surface area contributed by atoms with E-state index in [0.29, 0.717) is 18.7 Å². The van der Waals surface area contributed by atoms with E-state index in [2.05, 4.69) is 0 Å². The molecule has 2 aromatic carbocycles. The molecule has 0 saturated carbocycles. The van der Waals surface area contributed by atoms with Gasteiger partial charge in [0, 0.05) is 37.2 Å². The highest BCUT2D eigenvalue weighted by molar-refractivity contribution is 7.89. The van der Waals surface area contributed by atoms with Gasteiger partial charge in [0.2, 0.25) is 10.0 Å². The van der Waals surface area contributed by atoms with Gasteiger partial charge >= 0.3 is 0 Å². The molecule has 1 heterocycles. The summed E-state index contributed by atoms with van der Waals surface area (Å²) in [6.45, 7) is 6.33. The van der Waals surface area contributed by atoms with Crippen LogP contribution in [-0.4, -0.2) is 61.6 Å². The molecule has 3 atom stereocenters. The number of ether oxygens (including phenoxy) is 1. The van der Waals surface area contributed by atoms with Gasteiger partial charge in [-0.05, 0) is 44.7 Å². The zero-order valence-corrected chi connectivity index (χ0v) is 20.4. The van der Waals surface area contributed by atoms with Crippen LogP contribution in [0.3, 0.4) is 0 Å². The maximum absolute atomic E-state index is 14.1. The van der Waals surface area contributed by atoms with Crippen LogP contribution in [0, 0.1) is 11.7 Å². The van der Waals surface area contributed by atoms with E-state index in [9.17, 15) is 17.9 Å². The Morgan fingerprint density at radius 1 is 1.30 bits per heavy atom. The van der Waals surface area contributed by atoms with Crippen molar-refractivity contribution in [2.45, 2.75) is 44.4 Å². The van der Waals surface area contributed by atoms with Crippen molar-refractivity contribution in [2.75, 3.05) is 26.7 Å². The molecule has 3 rings (SSSR count). The quantitative estimate of drug-likeness (QED) is 0.659. The summed E-state index contributed by atoms with van der Waals surface area (Å²) < 4.78 is 48.8. The van der Waals surface area contributed by atoms with Crippen LogP contribution in [0.1, 0.15) is 31.9 Å². The molecule has 0 fully saturated rings. The topological polar surface area (TPSA) is 70.1 Å². The Labute approximate surface area is 196 Å². The van der Waals surface area contributed by atoms with Crippen molar-refractivity contribution in [3.8, 4) is 5.75 Å². The molecule has 0 bridgehead atoms. The Morgan fingerprint density at radius 3 is 2.70 bits per heavy atom. The van der Waals surface area contributed by atoms with Crippen LogP contribution in [0.4, 0.5) is 4.39 Å². The van der Waals surface area contributed by atoms with E-state index in [4.69, 9.17) is 4.74 Å². The van der Waals surface area contributed by atoms with Gasteiger partial charge in [0.05, 0.1) is 6.61 Å². The average molecular weight is 477 g/mol. The number of halogens is 1. The van der Waals surface area contributed by atoms with Gasteiger partial charge in [-0.15, -0.1) is 0 Å². The third-order valence-corrected chi connectivity index (χ3v) is 7.96. The number of sulfonamides is 1. The number of hydrogen-bond donors (Lipinski definition) is 1. The molecule has 0 aromatic heterocycles. The van der Waals surface area contributed by atoms with Crippen LogP contribution >= 0.6 is 0 Å². The molecule has 180 valence electrons. The summed E-state index contributed by atoms with van der Waals surface area (Å²) in [7, 11) is -1.97. The lowest BCUT2D eigenvalue weighted by atomic mass is 10.0. The molecule has 8 heteroatoms. The molecule has 0 aliphatic carbocycles. The van der Waals surface area contributed by atoms with Gasteiger partial charge in [-0.2, -0.15) is 4.31 Å². The maximum Gasteiger partial charge on any atom is 0.247 e. The Bertz CT molecular complexity index is 1090. The average Bonchev–Trinajstić information content (AvgIpc) is 2.77. The van der Waals surface area contributed by atoms with Crippen molar-refractivity contribution in [2.24, 2.45) is 5.92 Å². The number of allylic oxidation sites excluding steroid dienone is 1. The van der Waals surface area contributed by atoms with Gasteiger partial charge in [-0.1, -0.05) is 43.3 Å². The first-order chi connectivity index (χ1) is 15.7. The predicted octanol–water partition coefficient (Wildman–Crippen LogP) is 3.76. The summed E-state index contributed by atoms with van der Waals surface area (Å²) in [6, 6.07) is 11.1. The minimum Gasteiger partial charge on any atom is -0.487 e. The number of aliphatic hydroxyl groups is 1. The monoisotopic (exact) mass is 476 g/mol. The lowest BCUT2D eigenvalue weighted by Gasteiger charge is -2.37. The van der Waals surface area contributed by atoms with Crippen molar-refractivity contribution in [3.63, 3.8) is 0 Å². The van der Waals surface area contributed by atoms with Crippen molar-refractivity contribution in [1.82, 2.24) is 9.21 Å². The SMILES string of the molecule is CC=Cc1ccc2c(c1)O[C@H](CN(C)Cc1ccccc1F)[C@H](C)CN([C@H](C)CO)S2(=O)=O. The summed E-state index contributed by atoms with van der Waals surface area (Å²) in [6.07, 6.45) is 3.42. The maximum atomic E-state index is 14.1. The fourth-order valence-corrected chi connectivity index (χ4v) is 5.87. The third kappa shape index (κ3) is 5.81. The van der Waals surface area contributed by atoms with Crippen LogP contribution in [0.25, 0.3) is 6.08 Å². The van der Waals surface area contributed by atoms with Crippen LogP contribution < -0.4 is 4.74 Å². The fraction of sp³-hybridized carbons (Fsp3) is 0.440. The number of likely N-dealkylation sites (N-methyl/N-ethyl adjacent to an activating group) is 1. The normalized spacial score (nSPS) is 21.9. The van der Waals surface area contributed by atoms with Crippen molar-refractivity contribution >= 4 is 16.1 Å². The van der Waals surface area contributed by atoms with E-state index in [1.807, 2.05) is 37.9 Å². The molecule has 2 aromatic rings. The molecule has 1 aliphatic rings. The second-order valence-electron chi connectivity index (χ2n) is 8.73. The molecule has 0 amide bonds. The minimum absolute atomic E-state index is 0.0877. The van der Waals surface area contributed by atoms with E-state index in [-0.39, 0.29) is 41.6 Å². The largest absolute Gasteiger partial charge is 0.487 e. The van der Waals surface area contributed by atoms with Crippen LogP contribution in [-0.2, 0) is 16.6 Å². The third-order valence-electron chi connectivity index (χ3n) is 5.94. The number of benzene rings is 2. The molecule has 0 unspecified atom stereocenters. The molecule has 33 heavy (non-hydrogen) atoms. The number of fused-ring (bicyclic) bond motifs is 1. The molecule has 0 spiro atoms. The minimum atomic E-state index is -3.86. The molecular formula is C25H33FN2O4S. The number of hydrogen-bond acceptors (Lipinski definition) is 5. The van der Waals surface area contributed by atoms with E-state index < -0.39 is 16.1 Å². The molecule has 6 nitrogen and oxygen atoms in total. The summed E-state index contributed by atoms with van der Waals surface area (Å²) in [5.74, 6) is -0.140. The van der Waals surface area contributed by atoms with Crippen molar-refractivity contribution in [3.05, 3.63) is 65.5 Å². The van der Waals surface area contributed by atoms with Gasteiger partial charge < -0.3 is 9.84 Å². The smallest absolute Gasteiger partial charge is 0.247 e. The number of aliphatic hydroxyl groups excluding tert-OH is 1. The second kappa shape index (κ2) is 10.8. The summed E-state index contributed by atoms with van der Waals surface area (Å²) in [5, 5.41) is 9.74. The van der Waals surface area contributed by atoms with E-state index in [1.165, 1.54) is 10.4 Å². The highest BCUT2D eigenvalue weighted by Gasteiger charge is 2.38. The fourth-order valence-electron chi connectivity index (χ4n) is 4.05. The lowest BCUT2D eigenvalue weighted by Crippen LogP contribution is -2.49. The Balaban J connectivity index is 1.97. The second-order valence-corrected chi connectivity index (χ2v) is 10.6. The zero-order valence-electron chi connectivity index (χ0n) is 19.6. The standard InChI is InChI=1S/C25H33FN2O4S/c1-5-8-20-11-12-25-23(13-20)32-24(16-27(4)15-21-9-6-7-10-22(21)26)18(2)14-28(19(3)17-29)33(25,30)31/h5-13,18-19,24,29H,14-17H2,1-4H3/t18-,19-,24-/m1/s1.